The molecule has 5 heteroatoms. The molecule has 0 unspecified atom stereocenters. The van der Waals surface area contributed by atoms with Crippen LogP contribution in [0, 0.1) is 0 Å². The van der Waals surface area contributed by atoms with Crippen LogP contribution in [0.1, 0.15) is 26.3 Å². The van der Waals surface area contributed by atoms with Crippen LogP contribution in [0.4, 0.5) is 4.79 Å². The fourth-order valence-electron chi connectivity index (χ4n) is 1.57. The molecule has 1 aromatic carbocycles. The molecule has 0 atom stereocenters. The summed E-state index contributed by atoms with van der Waals surface area (Å²) in [6.45, 7) is 5.70. The van der Waals surface area contributed by atoms with Crippen LogP contribution < -0.4 is 5.32 Å². The number of carbonyl (C=O) groups is 2. The topological polar surface area (TPSA) is 58.6 Å². The molecule has 0 aliphatic rings. The number of ether oxygens (including phenoxy) is 1. The summed E-state index contributed by atoms with van der Waals surface area (Å²) < 4.78 is 5.32. The summed E-state index contributed by atoms with van der Waals surface area (Å²) in [6, 6.07) is 9.49. The van der Waals surface area contributed by atoms with Crippen molar-refractivity contribution < 1.29 is 14.3 Å². The molecule has 0 saturated heterocycles. The van der Waals surface area contributed by atoms with Gasteiger partial charge in [0, 0.05) is 13.6 Å². The monoisotopic (exact) mass is 278 g/mol. The molecular formula is C15H22N2O3. The summed E-state index contributed by atoms with van der Waals surface area (Å²) in [6.07, 6.45) is -0.495. The summed E-state index contributed by atoms with van der Waals surface area (Å²) in [5, 5.41) is 2.51. The Morgan fingerprint density at radius 1 is 1.20 bits per heavy atom. The Balaban J connectivity index is 2.79. The molecule has 2 amide bonds. The Bertz CT molecular complexity index is 452. The van der Waals surface area contributed by atoms with Gasteiger partial charge in [-0.1, -0.05) is 30.3 Å². The standard InChI is InChI=1S/C15H22N2O3/c1-15(2,3)20-14(19)17(11-13(18)16-4)10-12-8-6-5-7-9-12/h5-9H,10-11H2,1-4H3,(H,16,18). The van der Waals surface area contributed by atoms with Crippen LogP contribution in [0.15, 0.2) is 30.3 Å². The van der Waals surface area contributed by atoms with Gasteiger partial charge < -0.3 is 10.1 Å². The van der Waals surface area contributed by atoms with Crippen molar-refractivity contribution in [1.29, 1.82) is 0 Å². The molecular weight excluding hydrogens is 256 g/mol. The zero-order valence-corrected chi connectivity index (χ0v) is 12.5. The van der Waals surface area contributed by atoms with Crippen LogP contribution in [0.25, 0.3) is 0 Å². The molecule has 0 fully saturated rings. The second-order valence-electron chi connectivity index (χ2n) is 5.50. The third-order valence-corrected chi connectivity index (χ3v) is 2.48. The van der Waals surface area contributed by atoms with E-state index in [0.29, 0.717) is 6.54 Å². The molecule has 20 heavy (non-hydrogen) atoms. The highest BCUT2D eigenvalue weighted by atomic mass is 16.6. The van der Waals surface area contributed by atoms with Crippen LogP contribution >= 0.6 is 0 Å². The lowest BCUT2D eigenvalue weighted by atomic mass is 10.2. The van der Waals surface area contributed by atoms with E-state index in [0.717, 1.165) is 5.56 Å². The number of nitrogens with one attached hydrogen (secondary N) is 1. The maximum absolute atomic E-state index is 12.1. The van der Waals surface area contributed by atoms with E-state index in [-0.39, 0.29) is 12.5 Å². The first-order chi connectivity index (χ1) is 9.31. The first-order valence-electron chi connectivity index (χ1n) is 6.54. The molecule has 0 heterocycles. The second kappa shape index (κ2) is 6.93. The van der Waals surface area contributed by atoms with Crippen LogP contribution in [-0.4, -0.2) is 36.1 Å². The van der Waals surface area contributed by atoms with E-state index in [2.05, 4.69) is 5.32 Å². The molecule has 0 saturated carbocycles. The lowest BCUT2D eigenvalue weighted by Crippen LogP contribution is -2.42. The lowest BCUT2D eigenvalue weighted by Gasteiger charge is -2.27. The van der Waals surface area contributed by atoms with Crippen molar-refractivity contribution in [3.63, 3.8) is 0 Å². The number of carbonyl (C=O) groups excluding carboxylic acids is 2. The van der Waals surface area contributed by atoms with Gasteiger partial charge in [-0.25, -0.2) is 4.79 Å². The average Bonchev–Trinajstić information content (AvgIpc) is 2.37. The third-order valence-electron chi connectivity index (χ3n) is 2.48. The van der Waals surface area contributed by atoms with E-state index in [4.69, 9.17) is 4.74 Å². The Kier molecular flexibility index (Phi) is 5.55. The van der Waals surface area contributed by atoms with E-state index < -0.39 is 11.7 Å². The first-order valence-corrected chi connectivity index (χ1v) is 6.54. The highest BCUT2D eigenvalue weighted by molar-refractivity contribution is 5.82. The van der Waals surface area contributed by atoms with Crippen molar-refractivity contribution >= 4 is 12.0 Å². The molecule has 0 aliphatic carbocycles. The van der Waals surface area contributed by atoms with Crippen molar-refractivity contribution in [2.24, 2.45) is 0 Å². The van der Waals surface area contributed by atoms with Gasteiger partial charge in [0.1, 0.15) is 12.1 Å². The van der Waals surface area contributed by atoms with Crippen molar-refractivity contribution in [3.05, 3.63) is 35.9 Å². The minimum Gasteiger partial charge on any atom is -0.444 e. The van der Waals surface area contributed by atoms with E-state index in [1.807, 2.05) is 30.3 Å². The highest BCUT2D eigenvalue weighted by Crippen LogP contribution is 2.12. The maximum Gasteiger partial charge on any atom is 0.411 e. The molecule has 1 rings (SSSR count). The van der Waals surface area contributed by atoms with Crippen LogP contribution in [-0.2, 0) is 16.1 Å². The molecule has 1 N–H and O–H groups in total. The van der Waals surface area contributed by atoms with Crippen LogP contribution in [0.3, 0.4) is 0 Å². The largest absolute Gasteiger partial charge is 0.444 e. The molecule has 0 radical (unpaired) electrons. The molecule has 0 spiro atoms. The first kappa shape index (κ1) is 16.0. The highest BCUT2D eigenvalue weighted by Gasteiger charge is 2.23. The van der Waals surface area contributed by atoms with Gasteiger partial charge in [-0.2, -0.15) is 0 Å². The minimum atomic E-state index is -0.589. The fourth-order valence-corrected chi connectivity index (χ4v) is 1.57. The van der Waals surface area contributed by atoms with Gasteiger partial charge in [0.05, 0.1) is 0 Å². The summed E-state index contributed by atoms with van der Waals surface area (Å²) >= 11 is 0. The number of hydrogen-bond donors (Lipinski definition) is 1. The van der Waals surface area contributed by atoms with Crippen molar-refractivity contribution in [3.8, 4) is 0 Å². The van der Waals surface area contributed by atoms with E-state index in [1.54, 1.807) is 20.8 Å². The van der Waals surface area contributed by atoms with Gasteiger partial charge in [-0.15, -0.1) is 0 Å². The number of hydrogen-bond acceptors (Lipinski definition) is 3. The van der Waals surface area contributed by atoms with E-state index in [9.17, 15) is 9.59 Å². The maximum atomic E-state index is 12.1. The van der Waals surface area contributed by atoms with Crippen molar-refractivity contribution in [2.75, 3.05) is 13.6 Å². The molecule has 0 bridgehead atoms. The SMILES string of the molecule is CNC(=O)CN(Cc1ccccc1)C(=O)OC(C)(C)C. The number of amides is 2. The van der Waals surface area contributed by atoms with Crippen molar-refractivity contribution in [1.82, 2.24) is 10.2 Å². The fraction of sp³-hybridized carbons (Fsp3) is 0.467. The number of likely N-dealkylation sites (N-methyl/N-ethyl adjacent to an activating group) is 1. The molecule has 110 valence electrons. The average molecular weight is 278 g/mol. The summed E-state index contributed by atoms with van der Waals surface area (Å²) in [7, 11) is 1.54. The van der Waals surface area contributed by atoms with Crippen LogP contribution in [0.2, 0.25) is 0 Å². The van der Waals surface area contributed by atoms with Gasteiger partial charge in [0.2, 0.25) is 5.91 Å². The predicted molar refractivity (Wildman–Crippen MR) is 77.2 cm³/mol. The van der Waals surface area contributed by atoms with E-state index >= 15 is 0 Å². The summed E-state index contributed by atoms with van der Waals surface area (Å²) in [4.78, 5) is 25.0. The Morgan fingerprint density at radius 3 is 2.30 bits per heavy atom. The van der Waals surface area contributed by atoms with Gasteiger partial charge in [-0.3, -0.25) is 9.69 Å². The Labute approximate surface area is 119 Å². The zero-order valence-electron chi connectivity index (χ0n) is 12.5. The number of benzene rings is 1. The zero-order chi connectivity index (χ0) is 15.2. The minimum absolute atomic E-state index is 0.0275. The van der Waals surface area contributed by atoms with Gasteiger partial charge in [-0.05, 0) is 26.3 Å². The summed E-state index contributed by atoms with van der Waals surface area (Å²) in [5.74, 6) is -0.230. The molecule has 1 aromatic rings. The Morgan fingerprint density at radius 2 is 1.80 bits per heavy atom. The predicted octanol–water partition coefficient (Wildman–Crippen LogP) is 2.17. The van der Waals surface area contributed by atoms with E-state index in [1.165, 1.54) is 11.9 Å². The van der Waals surface area contributed by atoms with Gasteiger partial charge >= 0.3 is 6.09 Å². The quantitative estimate of drug-likeness (QED) is 0.918. The molecule has 0 aliphatic heterocycles. The van der Waals surface area contributed by atoms with Crippen molar-refractivity contribution in [2.45, 2.75) is 32.9 Å². The molecule has 0 aromatic heterocycles. The molecule has 5 nitrogen and oxygen atoms in total. The summed E-state index contributed by atoms with van der Waals surface area (Å²) in [5.41, 5.74) is 0.358. The number of nitrogens with zero attached hydrogens (tertiary/aromatic N) is 1. The second-order valence-corrected chi connectivity index (χ2v) is 5.50. The Hall–Kier alpha value is -2.04. The number of rotatable bonds is 4. The lowest BCUT2D eigenvalue weighted by molar-refractivity contribution is -0.121. The third kappa shape index (κ3) is 5.73. The smallest absolute Gasteiger partial charge is 0.411 e. The van der Waals surface area contributed by atoms with Gasteiger partial charge in [0.25, 0.3) is 0 Å². The van der Waals surface area contributed by atoms with Gasteiger partial charge in [0.15, 0.2) is 0 Å². The normalized spacial score (nSPS) is 10.8. The van der Waals surface area contributed by atoms with Crippen LogP contribution in [0.5, 0.6) is 0 Å².